The number of nitrogens with zero attached hydrogens (tertiary/aromatic N) is 3. The summed E-state index contributed by atoms with van der Waals surface area (Å²) in [4.78, 5) is 32.5. The van der Waals surface area contributed by atoms with E-state index in [1.165, 1.54) is 0 Å². The molecule has 0 aromatic carbocycles. The van der Waals surface area contributed by atoms with Gasteiger partial charge < -0.3 is 15.0 Å². The molecular formula is C18H26N4O3. The number of piperazine rings is 1. The molecule has 1 aliphatic carbocycles. The second-order valence-corrected chi connectivity index (χ2v) is 7.76. The minimum absolute atomic E-state index is 0.125. The van der Waals surface area contributed by atoms with Gasteiger partial charge in [-0.05, 0) is 45.7 Å². The van der Waals surface area contributed by atoms with Crippen molar-refractivity contribution in [1.29, 1.82) is 0 Å². The van der Waals surface area contributed by atoms with Crippen LogP contribution in [0.15, 0.2) is 18.3 Å². The molecule has 2 heterocycles. The van der Waals surface area contributed by atoms with Gasteiger partial charge in [0.25, 0.3) is 5.91 Å². The van der Waals surface area contributed by atoms with Crippen molar-refractivity contribution < 1.29 is 14.3 Å². The third-order valence-electron chi connectivity index (χ3n) is 4.67. The fraction of sp³-hybridized carbons (Fsp3) is 0.611. The average Bonchev–Trinajstić information content (AvgIpc) is 3.32. The number of anilines is 1. The summed E-state index contributed by atoms with van der Waals surface area (Å²) in [6, 6.07) is 3.64. The van der Waals surface area contributed by atoms with E-state index in [2.05, 4.69) is 15.2 Å². The van der Waals surface area contributed by atoms with Gasteiger partial charge in [-0.2, -0.15) is 0 Å². The molecule has 0 unspecified atom stereocenters. The molecule has 0 radical (unpaired) electrons. The Bertz CT molecular complexity index is 662. The van der Waals surface area contributed by atoms with Gasteiger partial charge in [-0.25, -0.2) is 9.78 Å². The predicted molar refractivity (Wildman–Crippen MR) is 94.7 cm³/mol. The molecule has 2 aliphatic rings. The van der Waals surface area contributed by atoms with E-state index in [0.717, 1.165) is 31.6 Å². The maximum Gasteiger partial charge on any atom is 0.410 e. The lowest BCUT2D eigenvalue weighted by molar-refractivity contribution is 0.0106. The zero-order chi connectivity index (χ0) is 18.2. The Morgan fingerprint density at radius 2 is 1.96 bits per heavy atom. The molecule has 0 bridgehead atoms. The van der Waals surface area contributed by atoms with Crippen LogP contribution < -0.4 is 10.2 Å². The summed E-state index contributed by atoms with van der Waals surface area (Å²) < 4.78 is 5.56. The number of aromatic nitrogens is 1. The van der Waals surface area contributed by atoms with E-state index in [0.29, 0.717) is 12.2 Å². The summed E-state index contributed by atoms with van der Waals surface area (Å²) in [5, 5.41) is 2.57. The Hall–Kier alpha value is -2.31. The van der Waals surface area contributed by atoms with Crippen molar-refractivity contribution in [2.75, 3.05) is 31.6 Å². The lowest BCUT2D eigenvalue weighted by Gasteiger charge is -2.43. The maximum atomic E-state index is 12.5. The monoisotopic (exact) mass is 346 g/mol. The summed E-state index contributed by atoms with van der Waals surface area (Å²) in [7, 11) is 1.59. The van der Waals surface area contributed by atoms with E-state index in [4.69, 9.17) is 4.74 Å². The standard InChI is InChI=1S/C18H26N4O3/c1-17(2,3)25-16(24)22-10-9-21(12-18(22)7-8-18)13-5-6-14(20-11-13)15(23)19-4/h5-6,11H,7-10,12H2,1-4H3,(H,19,23). The molecule has 136 valence electrons. The molecule has 1 aliphatic heterocycles. The van der Waals surface area contributed by atoms with Gasteiger partial charge in [-0.15, -0.1) is 0 Å². The Kier molecular flexibility index (Phi) is 4.34. The maximum absolute atomic E-state index is 12.5. The van der Waals surface area contributed by atoms with Crippen LogP contribution >= 0.6 is 0 Å². The van der Waals surface area contributed by atoms with Gasteiger partial charge in [-0.3, -0.25) is 9.69 Å². The van der Waals surface area contributed by atoms with Crippen LogP contribution in [-0.2, 0) is 4.74 Å². The zero-order valence-corrected chi connectivity index (χ0v) is 15.3. The first-order chi connectivity index (χ1) is 11.7. The molecule has 2 fully saturated rings. The van der Waals surface area contributed by atoms with E-state index in [1.807, 2.05) is 31.7 Å². The van der Waals surface area contributed by atoms with E-state index in [-0.39, 0.29) is 17.5 Å². The van der Waals surface area contributed by atoms with Crippen molar-refractivity contribution in [3.8, 4) is 0 Å². The van der Waals surface area contributed by atoms with Crippen molar-refractivity contribution in [3.63, 3.8) is 0 Å². The minimum atomic E-state index is -0.482. The van der Waals surface area contributed by atoms with Crippen LogP contribution in [0.5, 0.6) is 0 Å². The number of hydrogen-bond donors (Lipinski definition) is 1. The van der Waals surface area contributed by atoms with Gasteiger partial charge >= 0.3 is 6.09 Å². The summed E-state index contributed by atoms with van der Waals surface area (Å²) in [6.45, 7) is 7.79. The molecule has 1 saturated heterocycles. The number of carbonyl (C=O) groups excluding carboxylic acids is 2. The van der Waals surface area contributed by atoms with Gasteiger partial charge in [0.15, 0.2) is 0 Å². The van der Waals surface area contributed by atoms with Crippen LogP contribution in [0.3, 0.4) is 0 Å². The van der Waals surface area contributed by atoms with Crippen molar-refractivity contribution in [2.45, 2.75) is 44.8 Å². The van der Waals surface area contributed by atoms with E-state index < -0.39 is 5.60 Å². The van der Waals surface area contributed by atoms with Crippen molar-refractivity contribution in [1.82, 2.24) is 15.2 Å². The van der Waals surface area contributed by atoms with E-state index in [9.17, 15) is 9.59 Å². The van der Waals surface area contributed by atoms with Crippen LogP contribution in [0.4, 0.5) is 10.5 Å². The van der Waals surface area contributed by atoms with Gasteiger partial charge in [0.05, 0.1) is 17.4 Å². The first-order valence-electron chi connectivity index (χ1n) is 8.68. The summed E-state index contributed by atoms with van der Waals surface area (Å²) in [6.07, 6.45) is 3.49. The van der Waals surface area contributed by atoms with Gasteiger partial charge in [0.1, 0.15) is 11.3 Å². The van der Waals surface area contributed by atoms with Gasteiger partial charge in [0, 0.05) is 26.7 Å². The average molecular weight is 346 g/mol. The summed E-state index contributed by atoms with van der Waals surface area (Å²) >= 11 is 0. The largest absolute Gasteiger partial charge is 0.444 e. The Labute approximate surface area is 148 Å². The van der Waals surface area contributed by atoms with Crippen LogP contribution in [0.1, 0.15) is 44.1 Å². The third kappa shape index (κ3) is 3.70. The number of ether oxygens (including phenoxy) is 1. The number of carbonyl (C=O) groups is 2. The van der Waals surface area contributed by atoms with Crippen LogP contribution in [0.25, 0.3) is 0 Å². The van der Waals surface area contributed by atoms with Crippen LogP contribution in [0, 0.1) is 0 Å². The minimum Gasteiger partial charge on any atom is -0.444 e. The van der Waals surface area contributed by atoms with E-state index >= 15 is 0 Å². The van der Waals surface area contributed by atoms with Crippen LogP contribution in [-0.4, -0.2) is 59.7 Å². The fourth-order valence-electron chi connectivity index (χ4n) is 3.21. The second-order valence-electron chi connectivity index (χ2n) is 7.76. The molecule has 0 atom stereocenters. The Morgan fingerprint density at radius 3 is 2.48 bits per heavy atom. The first kappa shape index (κ1) is 17.5. The smallest absolute Gasteiger partial charge is 0.410 e. The highest BCUT2D eigenvalue weighted by molar-refractivity contribution is 5.92. The number of pyridine rings is 1. The molecular weight excluding hydrogens is 320 g/mol. The summed E-state index contributed by atoms with van der Waals surface area (Å²) in [5.74, 6) is -0.194. The summed E-state index contributed by atoms with van der Waals surface area (Å²) in [5.41, 5.74) is 0.770. The Morgan fingerprint density at radius 1 is 1.24 bits per heavy atom. The Balaban J connectivity index is 1.69. The number of rotatable bonds is 2. The molecule has 2 amide bonds. The van der Waals surface area contributed by atoms with Crippen LogP contribution in [0.2, 0.25) is 0 Å². The molecule has 7 heteroatoms. The quantitative estimate of drug-likeness (QED) is 0.887. The molecule has 1 spiro atoms. The number of amides is 2. The molecule has 1 aromatic heterocycles. The highest BCUT2D eigenvalue weighted by Gasteiger charge is 2.54. The van der Waals surface area contributed by atoms with Crippen molar-refractivity contribution in [2.24, 2.45) is 0 Å². The lowest BCUT2D eigenvalue weighted by Crippen LogP contribution is -2.58. The molecule has 1 saturated carbocycles. The number of hydrogen-bond acceptors (Lipinski definition) is 5. The second kappa shape index (κ2) is 6.20. The van der Waals surface area contributed by atoms with Crippen molar-refractivity contribution in [3.05, 3.63) is 24.0 Å². The van der Waals surface area contributed by atoms with E-state index in [1.54, 1.807) is 19.3 Å². The molecule has 25 heavy (non-hydrogen) atoms. The predicted octanol–water partition coefficient (Wildman–Crippen LogP) is 2.03. The SMILES string of the molecule is CNC(=O)c1ccc(N2CCN(C(=O)OC(C)(C)C)C3(CC3)C2)cn1. The fourth-order valence-corrected chi connectivity index (χ4v) is 3.21. The van der Waals surface area contributed by atoms with Gasteiger partial charge in [0.2, 0.25) is 0 Å². The molecule has 1 aromatic rings. The lowest BCUT2D eigenvalue weighted by atomic mass is 10.1. The highest BCUT2D eigenvalue weighted by atomic mass is 16.6. The molecule has 7 nitrogen and oxygen atoms in total. The normalized spacial score (nSPS) is 18.9. The zero-order valence-electron chi connectivity index (χ0n) is 15.3. The third-order valence-corrected chi connectivity index (χ3v) is 4.67. The van der Waals surface area contributed by atoms with Gasteiger partial charge in [-0.1, -0.05) is 0 Å². The molecule has 1 N–H and O–H groups in total. The van der Waals surface area contributed by atoms with Crippen molar-refractivity contribution >= 4 is 17.7 Å². The topological polar surface area (TPSA) is 74.8 Å². The number of nitrogens with one attached hydrogen (secondary N) is 1. The highest BCUT2D eigenvalue weighted by Crippen LogP contribution is 2.45. The molecule has 3 rings (SSSR count). The first-order valence-corrected chi connectivity index (χ1v) is 8.68.